The van der Waals surface area contributed by atoms with Crippen LogP contribution in [0.3, 0.4) is 0 Å². The summed E-state index contributed by atoms with van der Waals surface area (Å²) in [5.41, 5.74) is 5.26. The van der Waals surface area contributed by atoms with Crippen molar-refractivity contribution in [3.63, 3.8) is 0 Å². The number of phenolic OH excluding ortho intramolecular Hbond substituents is 1. The molecule has 0 aromatic heterocycles. The van der Waals surface area contributed by atoms with E-state index in [1.165, 1.54) is 18.6 Å². The molecule has 8 amide bonds. The van der Waals surface area contributed by atoms with Gasteiger partial charge >= 0.3 is 0 Å². The summed E-state index contributed by atoms with van der Waals surface area (Å²) >= 11 is 0. The highest BCUT2D eigenvalue weighted by Gasteiger charge is 2.49. The van der Waals surface area contributed by atoms with Crippen LogP contribution in [-0.2, 0) is 38.4 Å². The number of benzene rings is 1. The van der Waals surface area contributed by atoms with Gasteiger partial charge in [-0.3, -0.25) is 43.7 Å². The van der Waals surface area contributed by atoms with E-state index in [1.807, 2.05) is 0 Å². The fourth-order valence-electron chi connectivity index (χ4n) is 10.2. The highest BCUT2D eigenvalue weighted by molar-refractivity contribution is 5.98. The zero-order chi connectivity index (χ0) is 58.0. The van der Waals surface area contributed by atoms with Gasteiger partial charge in [-0.25, -0.2) is 0 Å². The average molecular weight is 1110 g/mol. The highest BCUT2D eigenvalue weighted by Crippen LogP contribution is 2.27. The van der Waals surface area contributed by atoms with Crippen molar-refractivity contribution in [2.24, 2.45) is 17.6 Å². The number of nitrogens with one attached hydrogen (secondary N) is 6. The molecule has 3 fully saturated rings. The Morgan fingerprint density at radius 3 is 1.99 bits per heavy atom. The number of aliphatic hydroxyl groups is 8. The largest absolute Gasteiger partial charge is 0.508 e. The first-order valence-corrected chi connectivity index (χ1v) is 27.2. The van der Waals surface area contributed by atoms with Gasteiger partial charge in [0, 0.05) is 38.9 Å². The van der Waals surface area contributed by atoms with Crippen molar-refractivity contribution < 1.29 is 84.3 Å². The predicted molar refractivity (Wildman–Crippen MR) is 278 cm³/mol. The summed E-state index contributed by atoms with van der Waals surface area (Å²) in [6.45, 7) is 5.97. The number of phenols is 1. The first-order chi connectivity index (χ1) is 36.9. The summed E-state index contributed by atoms with van der Waals surface area (Å²) in [5.74, 6) is -8.28. The van der Waals surface area contributed by atoms with E-state index in [0.717, 1.165) is 67.4 Å². The van der Waals surface area contributed by atoms with Crippen LogP contribution < -0.4 is 37.6 Å². The van der Waals surface area contributed by atoms with Crippen molar-refractivity contribution in [2.45, 2.75) is 203 Å². The lowest BCUT2D eigenvalue weighted by Gasteiger charge is -2.35. The molecule has 1 aromatic carbocycles. The van der Waals surface area contributed by atoms with Gasteiger partial charge in [0.25, 0.3) is 0 Å². The highest BCUT2D eigenvalue weighted by atomic mass is 16.3. The van der Waals surface area contributed by atoms with Crippen molar-refractivity contribution in [1.82, 2.24) is 41.7 Å². The Morgan fingerprint density at radius 2 is 1.36 bits per heavy atom. The molecule has 0 aliphatic carbocycles. The molecular formula is C52H85N9O17. The van der Waals surface area contributed by atoms with E-state index in [0.29, 0.717) is 24.7 Å². The summed E-state index contributed by atoms with van der Waals surface area (Å²) in [7, 11) is 0. The van der Waals surface area contributed by atoms with Crippen molar-refractivity contribution in [2.75, 3.05) is 26.2 Å². The van der Waals surface area contributed by atoms with E-state index in [1.54, 1.807) is 0 Å². The predicted octanol–water partition coefficient (Wildman–Crippen LogP) is -3.75. The molecule has 0 bridgehead atoms. The van der Waals surface area contributed by atoms with Crippen LogP contribution in [-0.4, -0.2) is 208 Å². The summed E-state index contributed by atoms with van der Waals surface area (Å²) in [5, 5.41) is 113. The van der Waals surface area contributed by atoms with Crippen molar-refractivity contribution in [3.8, 4) is 5.75 Å². The van der Waals surface area contributed by atoms with Crippen LogP contribution in [0.4, 0.5) is 0 Å². The number of carbonyl (C=O) groups is 8. The van der Waals surface area contributed by atoms with Crippen LogP contribution in [0.15, 0.2) is 24.3 Å². The van der Waals surface area contributed by atoms with Gasteiger partial charge in [0.05, 0.1) is 43.5 Å². The van der Waals surface area contributed by atoms with E-state index in [9.17, 15) is 84.3 Å². The average Bonchev–Trinajstić information content (AvgIpc) is 4.01. The maximum atomic E-state index is 14.6. The van der Waals surface area contributed by atoms with Crippen molar-refractivity contribution in [1.29, 1.82) is 0 Å². The van der Waals surface area contributed by atoms with E-state index < -0.39 is 171 Å². The van der Waals surface area contributed by atoms with Crippen LogP contribution in [0.25, 0.3) is 0 Å². The molecule has 3 saturated heterocycles. The topological polar surface area (TPSA) is 423 Å². The quantitative estimate of drug-likeness (QED) is 0.0468. The van der Waals surface area contributed by atoms with Gasteiger partial charge in [-0.1, -0.05) is 77.8 Å². The lowest BCUT2D eigenvalue weighted by molar-refractivity contribution is -0.148. The number of amides is 8. The first-order valence-electron chi connectivity index (χ1n) is 27.2. The molecule has 26 heteroatoms. The third-order valence-corrected chi connectivity index (χ3v) is 14.8. The molecular weight excluding hydrogens is 1020 g/mol. The number of carbonyl (C=O) groups excluding carboxylic acids is 8. The Morgan fingerprint density at radius 1 is 0.744 bits per heavy atom. The molecule has 440 valence electrons. The second-order valence-corrected chi connectivity index (χ2v) is 21.3. The molecule has 0 radical (unpaired) electrons. The number of aromatic hydroxyl groups is 1. The fourth-order valence-corrected chi connectivity index (χ4v) is 10.2. The normalized spacial score (nSPS) is 28.4. The summed E-state index contributed by atoms with van der Waals surface area (Å²) in [6, 6.07) is -7.20. The zero-order valence-corrected chi connectivity index (χ0v) is 45.0. The van der Waals surface area contributed by atoms with E-state index in [-0.39, 0.29) is 30.7 Å². The molecule has 3 aliphatic rings. The molecule has 17 N–H and O–H groups in total. The fraction of sp³-hybridized carbons (Fsp3) is 0.731. The third kappa shape index (κ3) is 18.8. The number of aliphatic hydroxyl groups excluding tert-OH is 8. The Labute approximate surface area is 454 Å². The van der Waals surface area contributed by atoms with Gasteiger partial charge in [-0.05, 0) is 55.7 Å². The van der Waals surface area contributed by atoms with Crippen LogP contribution in [0.5, 0.6) is 5.75 Å². The second-order valence-electron chi connectivity index (χ2n) is 21.3. The summed E-state index contributed by atoms with van der Waals surface area (Å²) in [6.07, 6.45) is -8.98. The first kappa shape index (κ1) is 64.9. The minimum atomic E-state index is -2.36. The number of unbranched alkanes of at least 4 members (excludes halogenated alkanes) is 5. The zero-order valence-electron chi connectivity index (χ0n) is 45.0. The van der Waals surface area contributed by atoms with E-state index in [2.05, 4.69) is 52.7 Å². The van der Waals surface area contributed by atoms with Gasteiger partial charge in [-0.2, -0.15) is 0 Å². The molecule has 0 saturated carbocycles. The number of primary amides is 1. The Balaban J connectivity index is 1.74. The number of hydrogen-bond donors (Lipinski definition) is 16. The minimum absolute atomic E-state index is 0.0620. The lowest BCUT2D eigenvalue weighted by Crippen LogP contribution is -2.65. The maximum absolute atomic E-state index is 14.6. The number of nitrogens with zero attached hydrogens (tertiary/aromatic N) is 2. The van der Waals surface area contributed by atoms with Crippen LogP contribution >= 0.6 is 0 Å². The number of hydrogen-bond acceptors (Lipinski definition) is 18. The molecule has 16 atom stereocenters. The smallest absolute Gasteiger partial charge is 0.248 e. The Bertz CT molecular complexity index is 2160. The number of nitrogens with two attached hydrogens (primary N) is 1. The van der Waals surface area contributed by atoms with Gasteiger partial charge in [-0.15, -0.1) is 0 Å². The van der Waals surface area contributed by atoms with Gasteiger partial charge in [0.2, 0.25) is 47.3 Å². The van der Waals surface area contributed by atoms with Crippen molar-refractivity contribution in [3.05, 3.63) is 29.8 Å². The Hall–Kier alpha value is -5.58. The molecule has 1 unspecified atom stereocenters. The SMILES string of the molecule is CC[C@H](C)C[C@H](C)CCCCCCCCC(=O)N[C@H]1C[C@@H](O)C(NCCO)NC(=O)[C@@H]2[C@@H](O)CCN2C(=O)[C@H]([C@H](O)CC(N)=O)NC(=O)[C@H]([C@H](O)[C@@H](O)c2ccc(O)cc2)NC(=O)[C@@H]2C[C@@H](O)CN2C(=O)[C@H]([C@@H](C)O)NC1=O. The van der Waals surface area contributed by atoms with Crippen LogP contribution in [0.1, 0.15) is 129 Å². The second kappa shape index (κ2) is 31.3. The van der Waals surface area contributed by atoms with Gasteiger partial charge in [0.1, 0.15) is 60.4 Å². The molecule has 78 heavy (non-hydrogen) atoms. The molecule has 1 aromatic rings. The molecule has 4 rings (SSSR count). The lowest BCUT2D eigenvalue weighted by atomic mass is 9.91. The number of fused-ring (bicyclic) bond motifs is 2. The van der Waals surface area contributed by atoms with Gasteiger partial charge in [0.15, 0.2) is 0 Å². The third-order valence-electron chi connectivity index (χ3n) is 14.8. The molecule has 0 spiro atoms. The molecule has 26 nitrogen and oxygen atoms in total. The summed E-state index contributed by atoms with van der Waals surface area (Å²) < 4.78 is 0. The van der Waals surface area contributed by atoms with E-state index in [4.69, 9.17) is 5.73 Å². The van der Waals surface area contributed by atoms with Gasteiger partial charge < -0.3 is 88.1 Å². The standard InChI is InChI=1S/C52H85N9O17/c1-5-27(2)22-28(3)12-10-8-6-7-9-11-13-39(70)55-33-24-37(68)46(54-19-21-62)59-50(76)43-35(66)18-20-60(43)52(78)41(36(67)25-38(53)69)57-49(75)42(45(72)44(71)30-14-16-31(64)17-15-30)58-48(74)34-23-32(65)26-61(34)51(77)40(29(4)63)56-47(33)73/h14-17,27-29,32-37,40-46,54,62-68,71-72H,5-13,18-26H2,1-4H3,(H2,53,69)(H,55,70)(H,56,73)(H,57,75)(H,58,74)(H,59,76)/t27-,28+,29+,32+,33-,34-,35-,36+,37+,40-,41-,42-,43-,44-,45-,46?/m0/s1. The van der Waals surface area contributed by atoms with E-state index >= 15 is 0 Å². The molecule has 3 aliphatic heterocycles. The maximum Gasteiger partial charge on any atom is 0.248 e. The van der Waals surface area contributed by atoms with Crippen molar-refractivity contribution >= 4 is 47.3 Å². The monoisotopic (exact) mass is 1110 g/mol. The summed E-state index contributed by atoms with van der Waals surface area (Å²) in [4.78, 5) is 114. The number of rotatable bonds is 23. The minimum Gasteiger partial charge on any atom is -0.508 e. The van der Waals surface area contributed by atoms with Crippen LogP contribution in [0, 0.1) is 11.8 Å². The van der Waals surface area contributed by atoms with Crippen LogP contribution in [0.2, 0.25) is 0 Å². The molecule has 3 heterocycles. The Kier molecular flexibility index (Phi) is 26.0.